The Morgan fingerprint density at radius 3 is 3.06 bits per heavy atom. The van der Waals surface area contributed by atoms with Gasteiger partial charge in [-0.05, 0) is 33.2 Å². The van der Waals surface area contributed by atoms with Gasteiger partial charge >= 0.3 is 0 Å². The molecule has 2 atom stereocenters. The smallest absolute Gasteiger partial charge is 0.0850 e. The van der Waals surface area contributed by atoms with Crippen molar-refractivity contribution in [2.45, 2.75) is 51.3 Å². The van der Waals surface area contributed by atoms with Crippen LogP contribution < -0.4 is 5.32 Å². The van der Waals surface area contributed by atoms with Crippen molar-refractivity contribution in [2.75, 3.05) is 13.7 Å². The SMILES string of the molecule is CCCn1cc(C(NC)C2(C)CCCO2)cn1. The zero-order valence-electron chi connectivity index (χ0n) is 11.1. The van der Waals surface area contributed by atoms with Gasteiger partial charge in [-0.15, -0.1) is 0 Å². The molecular formula is C13H23N3O. The van der Waals surface area contributed by atoms with Gasteiger partial charge in [0.05, 0.1) is 17.8 Å². The summed E-state index contributed by atoms with van der Waals surface area (Å²) in [7, 11) is 1.99. The molecule has 1 N–H and O–H groups in total. The molecule has 17 heavy (non-hydrogen) atoms. The number of likely N-dealkylation sites (N-methyl/N-ethyl adjacent to an activating group) is 1. The van der Waals surface area contributed by atoms with Crippen molar-refractivity contribution in [3.63, 3.8) is 0 Å². The highest BCUT2D eigenvalue weighted by Crippen LogP contribution is 2.36. The van der Waals surface area contributed by atoms with E-state index < -0.39 is 0 Å². The summed E-state index contributed by atoms with van der Waals surface area (Å²) in [4.78, 5) is 0. The second-order valence-electron chi connectivity index (χ2n) is 5.02. The Labute approximate surface area is 103 Å². The number of nitrogens with one attached hydrogen (secondary N) is 1. The third-order valence-electron chi connectivity index (χ3n) is 3.59. The fourth-order valence-electron chi connectivity index (χ4n) is 2.73. The van der Waals surface area contributed by atoms with Crippen molar-refractivity contribution in [3.8, 4) is 0 Å². The predicted molar refractivity (Wildman–Crippen MR) is 67.9 cm³/mol. The minimum atomic E-state index is -0.0885. The Morgan fingerprint density at radius 2 is 2.47 bits per heavy atom. The summed E-state index contributed by atoms with van der Waals surface area (Å²) >= 11 is 0. The van der Waals surface area contributed by atoms with Crippen LogP contribution in [0.1, 0.15) is 44.7 Å². The molecule has 2 unspecified atom stereocenters. The van der Waals surface area contributed by atoms with E-state index in [2.05, 4.69) is 30.5 Å². The van der Waals surface area contributed by atoms with Crippen LogP contribution >= 0.6 is 0 Å². The molecule has 1 aliphatic heterocycles. The number of aryl methyl sites for hydroxylation is 1. The van der Waals surface area contributed by atoms with Crippen LogP contribution in [0.25, 0.3) is 0 Å². The zero-order chi connectivity index (χ0) is 12.3. The molecule has 1 aliphatic rings. The Bertz CT molecular complexity index is 355. The highest BCUT2D eigenvalue weighted by Gasteiger charge is 2.39. The molecule has 4 nitrogen and oxygen atoms in total. The number of ether oxygens (including phenoxy) is 1. The van der Waals surface area contributed by atoms with Crippen LogP contribution in [0.4, 0.5) is 0 Å². The molecule has 0 radical (unpaired) electrons. The lowest BCUT2D eigenvalue weighted by molar-refractivity contribution is -0.0105. The molecule has 4 heteroatoms. The average Bonchev–Trinajstić information content (AvgIpc) is 2.91. The molecule has 0 saturated carbocycles. The molecule has 1 fully saturated rings. The Kier molecular flexibility index (Phi) is 3.84. The van der Waals surface area contributed by atoms with Crippen molar-refractivity contribution < 1.29 is 4.74 Å². The first-order valence-corrected chi connectivity index (χ1v) is 6.53. The van der Waals surface area contributed by atoms with Crippen LogP contribution in [0.5, 0.6) is 0 Å². The molecule has 1 aromatic rings. The lowest BCUT2D eigenvalue weighted by Crippen LogP contribution is -2.39. The van der Waals surface area contributed by atoms with Gasteiger partial charge in [0.25, 0.3) is 0 Å². The second-order valence-corrected chi connectivity index (χ2v) is 5.02. The molecule has 0 bridgehead atoms. The third kappa shape index (κ3) is 2.53. The lowest BCUT2D eigenvalue weighted by Gasteiger charge is -2.32. The van der Waals surface area contributed by atoms with Gasteiger partial charge in [0.2, 0.25) is 0 Å². The van der Waals surface area contributed by atoms with Crippen molar-refractivity contribution in [1.82, 2.24) is 15.1 Å². The second kappa shape index (κ2) is 5.19. The van der Waals surface area contributed by atoms with Crippen LogP contribution in [-0.4, -0.2) is 29.0 Å². The first kappa shape index (κ1) is 12.6. The number of aromatic nitrogens is 2. The number of rotatable bonds is 5. The van der Waals surface area contributed by atoms with Crippen molar-refractivity contribution in [1.29, 1.82) is 0 Å². The van der Waals surface area contributed by atoms with Crippen molar-refractivity contribution >= 4 is 0 Å². The largest absolute Gasteiger partial charge is 0.373 e. The van der Waals surface area contributed by atoms with Crippen LogP contribution in [0.3, 0.4) is 0 Å². The fraction of sp³-hybridized carbons (Fsp3) is 0.769. The first-order chi connectivity index (χ1) is 8.19. The first-order valence-electron chi connectivity index (χ1n) is 6.53. The van der Waals surface area contributed by atoms with E-state index >= 15 is 0 Å². The maximum Gasteiger partial charge on any atom is 0.0850 e. The van der Waals surface area contributed by atoms with Gasteiger partial charge in [-0.25, -0.2) is 0 Å². The number of hydrogen-bond donors (Lipinski definition) is 1. The molecule has 0 aliphatic carbocycles. The van der Waals surface area contributed by atoms with Gasteiger partial charge in [-0.2, -0.15) is 5.10 Å². The third-order valence-corrected chi connectivity index (χ3v) is 3.59. The monoisotopic (exact) mass is 237 g/mol. The summed E-state index contributed by atoms with van der Waals surface area (Å²) in [6, 6.07) is 0.232. The van der Waals surface area contributed by atoms with Gasteiger partial charge < -0.3 is 10.1 Å². The summed E-state index contributed by atoms with van der Waals surface area (Å²) in [6.45, 7) is 6.21. The van der Waals surface area contributed by atoms with E-state index in [1.807, 2.05) is 17.9 Å². The molecule has 96 valence electrons. The number of nitrogens with zero attached hydrogens (tertiary/aromatic N) is 2. The highest BCUT2D eigenvalue weighted by atomic mass is 16.5. The molecule has 0 aromatic carbocycles. The molecule has 2 heterocycles. The van der Waals surface area contributed by atoms with Gasteiger partial charge in [0.15, 0.2) is 0 Å². The molecular weight excluding hydrogens is 214 g/mol. The van der Waals surface area contributed by atoms with Gasteiger partial charge in [0.1, 0.15) is 0 Å². The molecule has 0 spiro atoms. The Balaban J connectivity index is 2.16. The van der Waals surface area contributed by atoms with E-state index in [4.69, 9.17) is 4.74 Å². The average molecular weight is 237 g/mol. The summed E-state index contributed by atoms with van der Waals surface area (Å²) in [5.41, 5.74) is 1.14. The topological polar surface area (TPSA) is 39.1 Å². The maximum absolute atomic E-state index is 5.92. The van der Waals surface area contributed by atoms with Crippen LogP contribution in [-0.2, 0) is 11.3 Å². The van der Waals surface area contributed by atoms with E-state index in [0.717, 1.165) is 32.4 Å². The van der Waals surface area contributed by atoms with Crippen LogP contribution in [0.2, 0.25) is 0 Å². The highest BCUT2D eigenvalue weighted by molar-refractivity contribution is 5.16. The molecule has 1 saturated heterocycles. The van der Waals surface area contributed by atoms with Crippen LogP contribution in [0.15, 0.2) is 12.4 Å². The minimum Gasteiger partial charge on any atom is -0.373 e. The maximum atomic E-state index is 5.92. The van der Waals surface area contributed by atoms with Gasteiger partial charge in [-0.1, -0.05) is 6.92 Å². The van der Waals surface area contributed by atoms with Gasteiger partial charge in [0, 0.05) is 24.9 Å². The van der Waals surface area contributed by atoms with E-state index in [0.29, 0.717) is 0 Å². The fourth-order valence-corrected chi connectivity index (χ4v) is 2.73. The number of hydrogen-bond acceptors (Lipinski definition) is 3. The zero-order valence-corrected chi connectivity index (χ0v) is 11.1. The van der Waals surface area contributed by atoms with E-state index in [1.54, 1.807) is 0 Å². The van der Waals surface area contributed by atoms with E-state index in [-0.39, 0.29) is 11.6 Å². The molecule has 0 amide bonds. The minimum absolute atomic E-state index is 0.0885. The standard InChI is InChI=1S/C13H23N3O/c1-4-7-16-10-11(9-15-16)12(14-3)13(2)6-5-8-17-13/h9-10,12,14H,4-8H2,1-3H3. The van der Waals surface area contributed by atoms with Crippen LogP contribution in [0, 0.1) is 0 Å². The Morgan fingerprint density at radius 1 is 1.65 bits per heavy atom. The van der Waals surface area contributed by atoms with E-state index in [1.165, 1.54) is 5.56 Å². The summed E-state index contributed by atoms with van der Waals surface area (Å²) in [5.74, 6) is 0. The van der Waals surface area contributed by atoms with Crippen molar-refractivity contribution in [2.24, 2.45) is 0 Å². The summed E-state index contributed by atoms with van der Waals surface area (Å²) < 4.78 is 7.93. The quantitative estimate of drug-likeness (QED) is 0.852. The van der Waals surface area contributed by atoms with Crippen molar-refractivity contribution in [3.05, 3.63) is 18.0 Å². The molecule has 2 rings (SSSR count). The van der Waals surface area contributed by atoms with E-state index in [9.17, 15) is 0 Å². The molecule has 1 aromatic heterocycles. The normalized spacial score (nSPS) is 26.3. The Hall–Kier alpha value is -0.870. The summed E-state index contributed by atoms with van der Waals surface area (Å²) in [6.07, 6.45) is 7.47. The summed E-state index contributed by atoms with van der Waals surface area (Å²) in [5, 5.41) is 7.78. The predicted octanol–water partition coefficient (Wildman–Crippen LogP) is 2.12. The van der Waals surface area contributed by atoms with Gasteiger partial charge in [-0.3, -0.25) is 4.68 Å². The lowest BCUT2D eigenvalue weighted by atomic mass is 9.89.